The zero-order valence-electron chi connectivity index (χ0n) is 12.7. The monoisotopic (exact) mass is 336 g/mol. The zero-order chi connectivity index (χ0) is 16.2. The summed E-state index contributed by atoms with van der Waals surface area (Å²) in [7, 11) is 0. The van der Waals surface area contributed by atoms with Crippen molar-refractivity contribution < 1.29 is 13.9 Å². The number of hydrogen-bond acceptors (Lipinski definition) is 6. The predicted molar refractivity (Wildman–Crippen MR) is 84.9 cm³/mol. The number of rotatable bonds is 6. The normalized spacial score (nSPS) is 15.2. The molecule has 3 heterocycles. The van der Waals surface area contributed by atoms with E-state index in [9.17, 15) is 9.18 Å². The van der Waals surface area contributed by atoms with Crippen molar-refractivity contribution >= 4 is 22.4 Å². The van der Waals surface area contributed by atoms with Gasteiger partial charge in [-0.15, -0.1) is 11.3 Å². The maximum Gasteiger partial charge on any atom is 0.223 e. The Morgan fingerprint density at radius 3 is 2.96 bits per heavy atom. The van der Waals surface area contributed by atoms with Crippen LogP contribution < -0.4 is 10.1 Å². The van der Waals surface area contributed by atoms with E-state index in [0.717, 1.165) is 30.7 Å². The van der Waals surface area contributed by atoms with Crippen molar-refractivity contribution in [1.82, 2.24) is 14.9 Å². The molecule has 1 saturated heterocycles. The second kappa shape index (κ2) is 7.01. The summed E-state index contributed by atoms with van der Waals surface area (Å²) in [6.07, 6.45) is 2.95. The van der Waals surface area contributed by atoms with Crippen molar-refractivity contribution in [2.75, 3.05) is 25.0 Å². The van der Waals surface area contributed by atoms with Gasteiger partial charge in [-0.2, -0.15) is 0 Å². The average molecular weight is 336 g/mol. The van der Waals surface area contributed by atoms with Gasteiger partial charge >= 0.3 is 0 Å². The van der Waals surface area contributed by atoms with E-state index in [2.05, 4.69) is 20.2 Å². The fourth-order valence-corrected chi connectivity index (χ4v) is 3.27. The Morgan fingerprint density at radius 1 is 1.43 bits per heavy atom. The Morgan fingerprint density at radius 2 is 2.26 bits per heavy atom. The van der Waals surface area contributed by atoms with Gasteiger partial charge in [-0.25, -0.2) is 14.4 Å². The lowest BCUT2D eigenvalue weighted by Gasteiger charge is -2.38. The molecule has 6 nitrogen and oxygen atoms in total. The van der Waals surface area contributed by atoms with E-state index in [-0.39, 0.29) is 11.7 Å². The highest BCUT2D eigenvalue weighted by atomic mass is 32.1. The van der Waals surface area contributed by atoms with Crippen molar-refractivity contribution in [3.05, 3.63) is 35.2 Å². The number of anilines is 1. The maximum absolute atomic E-state index is 12.7. The first-order valence-corrected chi connectivity index (χ1v) is 8.09. The topological polar surface area (TPSA) is 67.4 Å². The molecule has 0 saturated carbocycles. The average Bonchev–Trinajstić information content (AvgIpc) is 2.89. The first kappa shape index (κ1) is 15.8. The summed E-state index contributed by atoms with van der Waals surface area (Å²) in [4.78, 5) is 22.4. The van der Waals surface area contributed by atoms with E-state index < -0.39 is 0 Å². The van der Waals surface area contributed by atoms with Crippen LogP contribution in [0, 0.1) is 11.7 Å². The fourth-order valence-electron chi connectivity index (χ4n) is 2.37. The smallest absolute Gasteiger partial charge is 0.223 e. The third kappa shape index (κ3) is 4.46. The summed E-state index contributed by atoms with van der Waals surface area (Å²) >= 11 is 1.49. The quantitative estimate of drug-likeness (QED) is 0.875. The van der Waals surface area contributed by atoms with Crippen LogP contribution in [0.5, 0.6) is 5.88 Å². The van der Waals surface area contributed by atoms with Gasteiger partial charge in [-0.3, -0.25) is 9.69 Å². The van der Waals surface area contributed by atoms with E-state index in [0.29, 0.717) is 23.5 Å². The summed E-state index contributed by atoms with van der Waals surface area (Å²) in [6.45, 7) is 4.75. The largest absolute Gasteiger partial charge is 0.477 e. The molecule has 0 atom stereocenters. The SMILES string of the molecule is CC(=O)Nc1ncc(CN2CC(COc3ccc(F)cn3)C2)s1. The molecule has 1 aliphatic rings. The van der Waals surface area contributed by atoms with Gasteiger partial charge in [0.1, 0.15) is 5.82 Å². The molecule has 0 radical (unpaired) electrons. The predicted octanol–water partition coefficient (Wildman–Crippen LogP) is 2.15. The van der Waals surface area contributed by atoms with Gasteiger partial charge in [0, 0.05) is 49.6 Å². The number of carbonyl (C=O) groups is 1. The number of likely N-dealkylation sites (tertiary alicyclic amines) is 1. The van der Waals surface area contributed by atoms with Crippen molar-refractivity contribution in [3.8, 4) is 5.88 Å². The van der Waals surface area contributed by atoms with Crippen molar-refractivity contribution in [1.29, 1.82) is 0 Å². The molecule has 0 bridgehead atoms. The molecule has 0 aromatic carbocycles. The van der Waals surface area contributed by atoms with Crippen LogP contribution in [0.4, 0.5) is 9.52 Å². The standard InChI is InChI=1S/C15H17FN4O2S/c1-10(21)19-15-18-5-13(23-15)8-20-6-11(7-20)9-22-14-3-2-12(16)4-17-14/h2-5,11H,6-9H2,1H3,(H,18,19,21). The fraction of sp³-hybridized carbons (Fsp3) is 0.400. The van der Waals surface area contributed by atoms with Crippen LogP contribution >= 0.6 is 11.3 Å². The molecule has 2 aromatic rings. The summed E-state index contributed by atoms with van der Waals surface area (Å²) in [5, 5.41) is 3.32. The van der Waals surface area contributed by atoms with Gasteiger partial charge < -0.3 is 10.1 Å². The van der Waals surface area contributed by atoms with E-state index in [1.54, 1.807) is 6.20 Å². The van der Waals surface area contributed by atoms with Crippen LogP contribution in [-0.4, -0.2) is 40.5 Å². The Bertz CT molecular complexity index is 670. The molecular weight excluding hydrogens is 319 g/mol. The number of nitrogens with one attached hydrogen (secondary N) is 1. The lowest BCUT2D eigenvalue weighted by molar-refractivity contribution is -0.114. The van der Waals surface area contributed by atoms with Gasteiger partial charge in [-0.05, 0) is 6.07 Å². The van der Waals surface area contributed by atoms with Crippen molar-refractivity contribution in [2.24, 2.45) is 5.92 Å². The maximum atomic E-state index is 12.7. The highest BCUT2D eigenvalue weighted by molar-refractivity contribution is 7.15. The van der Waals surface area contributed by atoms with Crippen LogP contribution in [0.3, 0.4) is 0 Å². The van der Waals surface area contributed by atoms with Gasteiger partial charge in [0.05, 0.1) is 12.8 Å². The second-order valence-corrected chi connectivity index (χ2v) is 6.61. The first-order chi connectivity index (χ1) is 11.1. The number of hydrogen-bond donors (Lipinski definition) is 1. The van der Waals surface area contributed by atoms with Gasteiger partial charge in [-0.1, -0.05) is 0 Å². The Labute approximate surface area is 137 Å². The Hall–Kier alpha value is -2.06. The van der Waals surface area contributed by atoms with E-state index >= 15 is 0 Å². The van der Waals surface area contributed by atoms with Crippen LogP contribution in [0.15, 0.2) is 24.5 Å². The number of aromatic nitrogens is 2. The summed E-state index contributed by atoms with van der Waals surface area (Å²) < 4.78 is 18.3. The van der Waals surface area contributed by atoms with Crippen molar-refractivity contribution in [2.45, 2.75) is 13.5 Å². The molecule has 0 unspecified atom stereocenters. The molecule has 3 rings (SSSR count). The Balaban J connectivity index is 1.38. The van der Waals surface area contributed by atoms with Gasteiger partial charge in [0.2, 0.25) is 11.8 Å². The summed E-state index contributed by atoms with van der Waals surface area (Å²) in [5.74, 6) is 0.425. The van der Waals surface area contributed by atoms with E-state index in [1.807, 2.05) is 0 Å². The van der Waals surface area contributed by atoms with E-state index in [4.69, 9.17) is 4.74 Å². The molecule has 1 aliphatic heterocycles. The number of amides is 1. The molecule has 2 aromatic heterocycles. The van der Waals surface area contributed by atoms with Crippen LogP contribution in [0.2, 0.25) is 0 Å². The van der Waals surface area contributed by atoms with Gasteiger partial charge in [0.25, 0.3) is 0 Å². The molecule has 0 spiro atoms. The second-order valence-electron chi connectivity index (χ2n) is 5.50. The lowest BCUT2D eigenvalue weighted by atomic mass is 10.0. The third-order valence-corrected chi connectivity index (χ3v) is 4.31. The number of nitrogens with zero attached hydrogens (tertiary/aromatic N) is 3. The third-order valence-electron chi connectivity index (χ3n) is 3.42. The minimum absolute atomic E-state index is 0.110. The van der Waals surface area contributed by atoms with Crippen LogP contribution in [0.1, 0.15) is 11.8 Å². The highest BCUT2D eigenvalue weighted by Crippen LogP contribution is 2.24. The van der Waals surface area contributed by atoms with E-state index in [1.165, 1.54) is 30.4 Å². The van der Waals surface area contributed by atoms with Crippen LogP contribution in [0.25, 0.3) is 0 Å². The molecule has 0 aliphatic carbocycles. The molecule has 122 valence electrons. The number of pyridine rings is 1. The number of thiazole rings is 1. The Kier molecular flexibility index (Phi) is 4.82. The molecule has 1 amide bonds. The minimum atomic E-state index is -0.365. The molecular formula is C15H17FN4O2S. The molecule has 23 heavy (non-hydrogen) atoms. The molecule has 1 fully saturated rings. The highest BCUT2D eigenvalue weighted by Gasteiger charge is 2.27. The number of carbonyl (C=O) groups excluding carboxylic acids is 1. The summed E-state index contributed by atoms with van der Waals surface area (Å²) in [6, 6.07) is 2.87. The van der Waals surface area contributed by atoms with Crippen molar-refractivity contribution in [3.63, 3.8) is 0 Å². The first-order valence-electron chi connectivity index (χ1n) is 7.27. The minimum Gasteiger partial charge on any atom is -0.477 e. The van der Waals surface area contributed by atoms with Gasteiger partial charge in [0.15, 0.2) is 5.13 Å². The number of halogens is 1. The number of ether oxygens (including phenoxy) is 1. The lowest BCUT2D eigenvalue weighted by Crippen LogP contribution is -2.48. The zero-order valence-corrected chi connectivity index (χ0v) is 13.5. The van der Waals surface area contributed by atoms with Crippen LogP contribution in [-0.2, 0) is 11.3 Å². The summed E-state index contributed by atoms with van der Waals surface area (Å²) in [5.41, 5.74) is 0. The molecule has 8 heteroatoms. The molecule has 1 N–H and O–H groups in total.